The van der Waals surface area contributed by atoms with Gasteiger partial charge in [0, 0.05) is 11.6 Å². The fourth-order valence-electron chi connectivity index (χ4n) is 1.98. The lowest BCUT2D eigenvalue weighted by Crippen LogP contribution is -2.11. The summed E-state index contributed by atoms with van der Waals surface area (Å²) in [7, 11) is 0. The minimum absolute atomic E-state index is 0.128. The fourth-order valence-corrected chi connectivity index (χ4v) is 2.19. The molecule has 1 heterocycles. The van der Waals surface area contributed by atoms with Gasteiger partial charge in [0.05, 0.1) is 10.6 Å². The largest absolute Gasteiger partial charge is 0.421 e. The topological polar surface area (TPSA) is 39.2 Å². The van der Waals surface area contributed by atoms with Crippen molar-refractivity contribution in [2.24, 2.45) is 0 Å². The molecule has 3 rings (SSSR count). The van der Waals surface area contributed by atoms with Gasteiger partial charge in [-0.15, -0.1) is 0 Å². The van der Waals surface area contributed by atoms with Crippen LogP contribution in [0.15, 0.2) is 54.7 Å². The van der Waals surface area contributed by atoms with Crippen molar-refractivity contribution in [2.45, 2.75) is 0 Å². The number of carbonyl (C=O) groups excluding carboxylic acids is 1. The Balaban J connectivity index is 2.01. The standard InChI is InChI=1S/C16H9ClFNO2/c17-12-7-8-14(15-10(12)5-3-9-19-15)21-16(20)11-4-1-2-6-13(11)18/h1-9H. The zero-order valence-corrected chi connectivity index (χ0v) is 11.5. The zero-order chi connectivity index (χ0) is 14.8. The van der Waals surface area contributed by atoms with Crippen LogP contribution in [-0.2, 0) is 0 Å². The number of halogens is 2. The average Bonchev–Trinajstić information content (AvgIpc) is 2.51. The molecule has 0 amide bonds. The molecule has 21 heavy (non-hydrogen) atoms. The van der Waals surface area contributed by atoms with Crippen LogP contribution in [0.25, 0.3) is 10.9 Å². The maximum Gasteiger partial charge on any atom is 0.346 e. The Morgan fingerprint density at radius 3 is 2.71 bits per heavy atom. The molecular weight excluding hydrogens is 293 g/mol. The Hall–Kier alpha value is -2.46. The molecule has 0 N–H and O–H groups in total. The molecule has 104 valence electrons. The molecule has 3 nitrogen and oxygen atoms in total. The molecule has 3 aromatic rings. The molecule has 0 aliphatic heterocycles. The maximum absolute atomic E-state index is 13.6. The summed E-state index contributed by atoms with van der Waals surface area (Å²) < 4.78 is 18.8. The highest BCUT2D eigenvalue weighted by Crippen LogP contribution is 2.30. The van der Waals surface area contributed by atoms with Crippen LogP contribution < -0.4 is 4.74 Å². The number of rotatable bonds is 2. The fraction of sp³-hybridized carbons (Fsp3) is 0. The molecule has 0 saturated heterocycles. The number of hydrogen-bond acceptors (Lipinski definition) is 3. The quantitative estimate of drug-likeness (QED) is 0.525. The van der Waals surface area contributed by atoms with Gasteiger partial charge in [0.15, 0.2) is 5.75 Å². The van der Waals surface area contributed by atoms with E-state index in [0.29, 0.717) is 15.9 Å². The lowest BCUT2D eigenvalue weighted by molar-refractivity contribution is 0.0732. The van der Waals surface area contributed by atoms with E-state index >= 15 is 0 Å². The Morgan fingerprint density at radius 2 is 1.90 bits per heavy atom. The van der Waals surface area contributed by atoms with Gasteiger partial charge in [-0.05, 0) is 36.4 Å². The molecule has 2 aromatic carbocycles. The number of benzene rings is 2. The van der Waals surface area contributed by atoms with Crippen LogP contribution in [-0.4, -0.2) is 11.0 Å². The number of pyridine rings is 1. The van der Waals surface area contributed by atoms with Crippen LogP contribution in [0.3, 0.4) is 0 Å². The number of esters is 1. The van der Waals surface area contributed by atoms with Gasteiger partial charge in [0.1, 0.15) is 11.3 Å². The van der Waals surface area contributed by atoms with Crippen molar-refractivity contribution in [1.29, 1.82) is 0 Å². The Morgan fingerprint density at radius 1 is 1.10 bits per heavy atom. The van der Waals surface area contributed by atoms with Crippen molar-refractivity contribution < 1.29 is 13.9 Å². The van der Waals surface area contributed by atoms with E-state index < -0.39 is 11.8 Å². The van der Waals surface area contributed by atoms with Crippen LogP contribution in [0.2, 0.25) is 5.02 Å². The lowest BCUT2D eigenvalue weighted by atomic mass is 10.2. The second kappa shape index (κ2) is 5.50. The maximum atomic E-state index is 13.6. The molecule has 0 atom stereocenters. The van der Waals surface area contributed by atoms with Crippen LogP contribution in [0.1, 0.15) is 10.4 Å². The first-order chi connectivity index (χ1) is 10.2. The van der Waals surface area contributed by atoms with Crippen LogP contribution in [0.4, 0.5) is 4.39 Å². The summed E-state index contributed by atoms with van der Waals surface area (Å²) in [6.07, 6.45) is 1.57. The normalized spacial score (nSPS) is 10.6. The highest BCUT2D eigenvalue weighted by Gasteiger charge is 2.15. The van der Waals surface area contributed by atoms with Crippen molar-refractivity contribution >= 4 is 28.5 Å². The summed E-state index contributed by atoms with van der Waals surface area (Å²) in [5, 5.41) is 1.17. The highest BCUT2D eigenvalue weighted by atomic mass is 35.5. The first kappa shape index (κ1) is 13.5. The summed E-state index contributed by atoms with van der Waals surface area (Å²) in [5.41, 5.74) is 0.325. The van der Waals surface area contributed by atoms with E-state index in [1.54, 1.807) is 30.5 Å². The van der Waals surface area contributed by atoms with Crippen molar-refractivity contribution in [2.75, 3.05) is 0 Å². The van der Waals surface area contributed by atoms with E-state index in [1.807, 2.05) is 0 Å². The van der Waals surface area contributed by atoms with Crippen molar-refractivity contribution in [1.82, 2.24) is 4.98 Å². The number of aromatic nitrogens is 1. The van der Waals surface area contributed by atoms with Gasteiger partial charge in [-0.3, -0.25) is 4.98 Å². The van der Waals surface area contributed by atoms with Crippen molar-refractivity contribution in [3.05, 3.63) is 71.1 Å². The zero-order valence-electron chi connectivity index (χ0n) is 10.7. The van der Waals surface area contributed by atoms with Gasteiger partial charge < -0.3 is 4.74 Å². The minimum Gasteiger partial charge on any atom is -0.421 e. The summed E-state index contributed by atoms with van der Waals surface area (Å²) in [6, 6.07) is 12.3. The van der Waals surface area contributed by atoms with E-state index in [9.17, 15) is 9.18 Å². The smallest absolute Gasteiger partial charge is 0.346 e. The first-order valence-corrected chi connectivity index (χ1v) is 6.54. The molecule has 0 aliphatic carbocycles. The van der Waals surface area contributed by atoms with E-state index in [4.69, 9.17) is 16.3 Å². The third-order valence-corrected chi connectivity index (χ3v) is 3.31. The molecule has 0 saturated carbocycles. The predicted octanol–water partition coefficient (Wildman–Crippen LogP) is 4.25. The molecule has 5 heteroatoms. The summed E-state index contributed by atoms with van der Waals surface area (Å²) in [4.78, 5) is 16.2. The second-order valence-corrected chi connectivity index (χ2v) is 4.72. The number of fused-ring (bicyclic) bond motifs is 1. The molecule has 1 aromatic heterocycles. The summed E-state index contributed by atoms with van der Waals surface area (Å²) >= 11 is 6.07. The molecule has 0 bridgehead atoms. The molecule has 0 fully saturated rings. The molecule has 0 unspecified atom stereocenters. The van der Waals surface area contributed by atoms with Crippen molar-refractivity contribution in [3.63, 3.8) is 0 Å². The van der Waals surface area contributed by atoms with E-state index in [0.717, 1.165) is 0 Å². The number of ether oxygens (including phenoxy) is 1. The van der Waals surface area contributed by atoms with Crippen LogP contribution >= 0.6 is 11.6 Å². The molecule has 0 radical (unpaired) electrons. The van der Waals surface area contributed by atoms with Gasteiger partial charge in [-0.2, -0.15) is 0 Å². The molecular formula is C16H9ClFNO2. The number of nitrogens with zero attached hydrogens (tertiary/aromatic N) is 1. The van der Waals surface area contributed by atoms with Gasteiger partial charge >= 0.3 is 5.97 Å². The lowest BCUT2D eigenvalue weighted by Gasteiger charge is -2.08. The summed E-state index contributed by atoms with van der Waals surface area (Å²) in [6.45, 7) is 0. The Kier molecular flexibility index (Phi) is 3.54. The number of hydrogen-bond donors (Lipinski definition) is 0. The third kappa shape index (κ3) is 2.58. The third-order valence-electron chi connectivity index (χ3n) is 2.98. The predicted molar refractivity (Wildman–Crippen MR) is 78.1 cm³/mol. The van der Waals surface area contributed by atoms with Crippen molar-refractivity contribution in [3.8, 4) is 5.75 Å². The van der Waals surface area contributed by atoms with E-state index in [-0.39, 0.29) is 11.3 Å². The average molecular weight is 302 g/mol. The highest BCUT2D eigenvalue weighted by molar-refractivity contribution is 6.35. The van der Waals surface area contributed by atoms with E-state index in [2.05, 4.69) is 4.98 Å². The summed E-state index contributed by atoms with van der Waals surface area (Å²) in [5.74, 6) is -1.17. The monoisotopic (exact) mass is 301 g/mol. The second-order valence-electron chi connectivity index (χ2n) is 4.31. The number of carbonyl (C=O) groups is 1. The minimum atomic E-state index is -0.776. The Labute approximate surface area is 124 Å². The van der Waals surface area contributed by atoms with Crippen LogP contribution in [0.5, 0.6) is 5.75 Å². The SMILES string of the molecule is O=C(Oc1ccc(Cl)c2cccnc12)c1ccccc1F. The van der Waals surface area contributed by atoms with Crippen LogP contribution in [0, 0.1) is 5.82 Å². The van der Waals surface area contributed by atoms with Gasteiger partial charge in [-0.25, -0.2) is 9.18 Å². The molecule has 0 aliphatic rings. The van der Waals surface area contributed by atoms with Gasteiger partial charge in [0.2, 0.25) is 0 Å². The van der Waals surface area contributed by atoms with E-state index in [1.165, 1.54) is 24.3 Å². The first-order valence-electron chi connectivity index (χ1n) is 6.17. The molecule has 0 spiro atoms. The van der Waals surface area contributed by atoms with Gasteiger partial charge in [-0.1, -0.05) is 23.7 Å². The Bertz CT molecular complexity index is 835. The van der Waals surface area contributed by atoms with Gasteiger partial charge in [0.25, 0.3) is 0 Å².